The highest BCUT2D eigenvalue weighted by molar-refractivity contribution is 5.92. The zero-order valence-electron chi connectivity index (χ0n) is 12.6. The number of amides is 1. The fraction of sp³-hybridized carbons (Fsp3) is 0.467. The molecule has 0 saturated carbocycles. The standard InChI is InChI=1S/C15H18N4O3/c1-9(2)11-8-13(22-18-11)14(20)19-7-3-4-12(19)10-5-6-16-15(21)17-10/h5-6,8-9,12H,3-4,7H2,1-2H3,(H,16,17,21). The van der Waals surface area contributed by atoms with E-state index in [1.807, 2.05) is 13.8 Å². The third-order valence-electron chi connectivity index (χ3n) is 3.90. The van der Waals surface area contributed by atoms with Crippen molar-refractivity contribution in [3.63, 3.8) is 0 Å². The van der Waals surface area contributed by atoms with E-state index in [0.29, 0.717) is 12.2 Å². The summed E-state index contributed by atoms with van der Waals surface area (Å²) in [6, 6.07) is 3.27. The van der Waals surface area contributed by atoms with Crippen molar-refractivity contribution in [2.24, 2.45) is 0 Å². The zero-order valence-corrected chi connectivity index (χ0v) is 12.6. The lowest BCUT2D eigenvalue weighted by atomic mass is 10.1. The molecule has 1 atom stereocenters. The minimum Gasteiger partial charge on any atom is -0.351 e. The van der Waals surface area contributed by atoms with Gasteiger partial charge >= 0.3 is 5.69 Å². The van der Waals surface area contributed by atoms with Gasteiger partial charge in [-0.1, -0.05) is 19.0 Å². The SMILES string of the molecule is CC(C)c1cc(C(=O)N2CCCC2c2ccnc(=O)[nH]2)on1. The van der Waals surface area contributed by atoms with Crippen molar-refractivity contribution in [2.45, 2.75) is 38.6 Å². The van der Waals surface area contributed by atoms with Crippen LogP contribution in [0.2, 0.25) is 0 Å². The lowest BCUT2D eigenvalue weighted by molar-refractivity contribution is 0.0690. The smallest absolute Gasteiger partial charge is 0.345 e. The number of rotatable bonds is 3. The van der Waals surface area contributed by atoms with Gasteiger partial charge in [-0.05, 0) is 24.8 Å². The average Bonchev–Trinajstić information content (AvgIpc) is 3.16. The molecule has 1 fully saturated rings. The van der Waals surface area contributed by atoms with Crippen LogP contribution < -0.4 is 5.69 Å². The Morgan fingerprint density at radius 3 is 3.00 bits per heavy atom. The Hall–Kier alpha value is -2.44. The van der Waals surface area contributed by atoms with Crippen LogP contribution in [0.3, 0.4) is 0 Å². The summed E-state index contributed by atoms with van der Waals surface area (Å²) in [4.78, 5) is 32.0. The molecule has 1 unspecified atom stereocenters. The maximum atomic E-state index is 12.6. The average molecular weight is 302 g/mol. The monoisotopic (exact) mass is 302 g/mol. The quantitative estimate of drug-likeness (QED) is 0.934. The number of carbonyl (C=O) groups is 1. The Morgan fingerprint density at radius 1 is 1.50 bits per heavy atom. The number of nitrogens with one attached hydrogen (secondary N) is 1. The van der Waals surface area contributed by atoms with Gasteiger partial charge in [-0.2, -0.15) is 0 Å². The lowest BCUT2D eigenvalue weighted by Crippen LogP contribution is -2.31. The first-order valence-electron chi connectivity index (χ1n) is 7.39. The molecule has 0 bridgehead atoms. The Bertz CT molecular complexity index is 734. The molecule has 0 spiro atoms. The highest BCUT2D eigenvalue weighted by Gasteiger charge is 2.33. The van der Waals surface area contributed by atoms with E-state index in [2.05, 4.69) is 15.1 Å². The largest absolute Gasteiger partial charge is 0.351 e. The number of hydrogen-bond acceptors (Lipinski definition) is 5. The molecule has 1 aliphatic heterocycles. The zero-order chi connectivity index (χ0) is 15.7. The second-order valence-corrected chi connectivity index (χ2v) is 5.76. The number of likely N-dealkylation sites (tertiary alicyclic amines) is 1. The second kappa shape index (κ2) is 5.75. The summed E-state index contributed by atoms with van der Waals surface area (Å²) in [5.41, 5.74) is 1.06. The fourth-order valence-corrected chi connectivity index (χ4v) is 2.71. The molecule has 1 N–H and O–H groups in total. The lowest BCUT2D eigenvalue weighted by Gasteiger charge is -2.23. The number of aromatic amines is 1. The molecule has 3 heterocycles. The first-order chi connectivity index (χ1) is 10.6. The van der Waals surface area contributed by atoms with Gasteiger partial charge in [0.05, 0.1) is 11.7 Å². The minimum atomic E-state index is -0.404. The normalized spacial score (nSPS) is 18.1. The van der Waals surface area contributed by atoms with Crippen LogP contribution in [-0.2, 0) is 0 Å². The third-order valence-corrected chi connectivity index (χ3v) is 3.90. The number of H-pyrrole nitrogens is 1. The number of aromatic nitrogens is 3. The number of nitrogens with zero attached hydrogens (tertiary/aromatic N) is 3. The highest BCUT2D eigenvalue weighted by atomic mass is 16.5. The van der Waals surface area contributed by atoms with E-state index in [0.717, 1.165) is 18.5 Å². The van der Waals surface area contributed by atoms with Crippen LogP contribution in [-0.4, -0.2) is 32.5 Å². The predicted octanol–water partition coefficient (Wildman–Crippen LogP) is 1.86. The van der Waals surface area contributed by atoms with Crippen molar-refractivity contribution in [3.05, 3.63) is 46.0 Å². The maximum Gasteiger partial charge on any atom is 0.345 e. The van der Waals surface area contributed by atoms with Crippen LogP contribution in [0.5, 0.6) is 0 Å². The molecule has 0 aliphatic carbocycles. The molecule has 1 saturated heterocycles. The summed E-state index contributed by atoms with van der Waals surface area (Å²) in [5, 5.41) is 3.93. The molecule has 22 heavy (non-hydrogen) atoms. The van der Waals surface area contributed by atoms with E-state index in [1.54, 1.807) is 17.0 Å². The van der Waals surface area contributed by atoms with Crippen LogP contribution in [0.15, 0.2) is 27.6 Å². The molecule has 7 heteroatoms. The van der Waals surface area contributed by atoms with Crippen LogP contribution in [0.1, 0.15) is 60.6 Å². The molecule has 116 valence electrons. The molecule has 2 aromatic rings. The van der Waals surface area contributed by atoms with Crippen LogP contribution in [0.25, 0.3) is 0 Å². The van der Waals surface area contributed by atoms with Crippen molar-refractivity contribution in [1.82, 2.24) is 20.0 Å². The van der Waals surface area contributed by atoms with Crippen molar-refractivity contribution >= 4 is 5.91 Å². The van der Waals surface area contributed by atoms with E-state index in [9.17, 15) is 9.59 Å². The third kappa shape index (κ3) is 2.66. The molecule has 1 aliphatic rings. The molecular formula is C15H18N4O3. The van der Waals surface area contributed by atoms with Gasteiger partial charge in [0, 0.05) is 24.5 Å². The minimum absolute atomic E-state index is 0.157. The summed E-state index contributed by atoms with van der Waals surface area (Å²) in [7, 11) is 0. The highest BCUT2D eigenvalue weighted by Crippen LogP contribution is 2.31. The van der Waals surface area contributed by atoms with Gasteiger partial charge in [0.25, 0.3) is 5.91 Å². The first-order valence-corrected chi connectivity index (χ1v) is 7.39. The molecular weight excluding hydrogens is 284 g/mol. The Balaban J connectivity index is 1.86. The first kappa shape index (κ1) is 14.5. The topological polar surface area (TPSA) is 92.1 Å². The van der Waals surface area contributed by atoms with Gasteiger partial charge in [-0.3, -0.25) is 4.79 Å². The molecule has 0 aromatic carbocycles. The summed E-state index contributed by atoms with van der Waals surface area (Å²) < 4.78 is 5.18. The van der Waals surface area contributed by atoms with Crippen LogP contribution in [0, 0.1) is 0 Å². The van der Waals surface area contributed by atoms with Gasteiger partial charge in [0.1, 0.15) is 0 Å². The van der Waals surface area contributed by atoms with Crippen LogP contribution in [0.4, 0.5) is 0 Å². The number of carbonyl (C=O) groups excluding carboxylic acids is 1. The van der Waals surface area contributed by atoms with Gasteiger partial charge in [-0.15, -0.1) is 0 Å². The van der Waals surface area contributed by atoms with Crippen molar-refractivity contribution in [3.8, 4) is 0 Å². The summed E-state index contributed by atoms with van der Waals surface area (Å²) in [5.74, 6) is 0.253. The van der Waals surface area contributed by atoms with Crippen LogP contribution >= 0.6 is 0 Å². The predicted molar refractivity (Wildman–Crippen MR) is 78.5 cm³/mol. The summed E-state index contributed by atoms with van der Waals surface area (Å²) >= 11 is 0. The molecule has 3 rings (SSSR count). The second-order valence-electron chi connectivity index (χ2n) is 5.76. The van der Waals surface area contributed by atoms with Crippen molar-refractivity contribution in [2.75, 3.05) is 6.54 Å². The summed E-state index contributed by atoms with van der Waals surface area (Å²) in [6.07, 6.45) is 3.14. The molecule has 1 amide bonds. The van der Waals surface area contributed by atoms with Gasteiger partial charge < -0.3 is 14.4 Å². The van der Waals surface area contributed by atoms with E-state index in [1.165, 1.54) is 6.20 Å². The van der Waals surface area contributed by atoms with Gasteiger partial charge in [0.15, 0.2) is 0 Å². The van der Waals surface area contributed by atoms with Gasteiger partial charge in [0.2, 0.25) is 5.76 Å². The van der Waals surface area contributed by atoms with E-state index >= 15 is 0 Å². The van der Waals surface area contributed by atoms with Crippen molar-refractivity contribution < 1.29 is 9.32 Å². The van der Waals surface area contributed by atoms with E-state index in [4.69, 9.17) is 4.52 Å². The fourth-order valence-electron chi connectivity index (χ4n) is 2.71. The number of hydrogen-bond donors (Lipinski definition) is 1. The molecule has 0 radical (unpaired) electrons. The van der Waals surface area contributed by atoms with Crippen molar-refractivity contribution in [1.29, 1.82) is 0 Å². The Labute approximate surface area is 127 Å². The van der Waals surface area contributed by atoms with Gasteiger partial charge in [-0.25, -0.2) is 9.78 Å². The summed E-state index contributed by atoms with van der Waals surface area (Å²) in [6.45, 7) is 4.62. The maximum absolute atomic E-state index is 12.6. The van der Waals surface area contributed by atoms with E-state index in [-0.39, 0.29) is 23.6 Å². The van der Waals surface area contributed by atoms with E-state index < -0.39 is 5.69 Å². The molecule has 2 aromatic heterocycles. The Morgan fingerprint density at radius 2 is 2.32 bits per heavy atom. The Kier molecular flexibility index (Phi) is 3.79. The molecule has 7 nitrogen and oxygen atoms in total.